The summed E-state index contributed by atoms with van der Waals surface area (Å²) >= 11 is 0. The first kappa shape index (κ1) is 16.9. The molecule has 28 heavy (non-hydrogen) atoms. The Hall–Kier alpha value is -3.21. The molecule has 5 nitrogen and oxygen atoms in total. The van der Waals surface area contributed by atoms with Crippen molar-refractivity contribution in [1.29, 1.82) is 0 Å². The van der Waals surface area contributed by atoms with E-state index >= 15 is 0 Å². The van der Waals surface area contributed by atoms with Crippen molar-refractivity contribution >= 4 is 23.4 Å². The lowest BCUT2D eigenvalue weighted by Gasteiger charge is -2.17. The molecule has 140 valence electrons. The van der Waals surface area contributed by atoms with Crippen LogP contribution in [0.4, 0.5) is 5.69 Å². The van der Waals surface area contributed by atoms with Crippen LogP contribution in [0.2, 0.25) is 0 Å². The van der Waals surface area contributed by atoms with Gasteiger partial charge in [0.25, 0.3) is 5.91 Å². The first-order chi connectivity index (χ1) is 13.6. The Morgan fingerprint density at radius 3 is 2.11 bits per heavy atom. The number of carbonyl (C=O) groups is 3. The molecule has 5 heteroatoms. The standard InChI is InChI=1S/C23H20N2O3/c26-21(24-13-14-4-2-1-3-5-14)15-8-10-18(11-9-15)25-22(27)19-16-6-7-17(12-16)20(19)23(25)28/h1-11,16-17,19-20H,12-13H2,(H,24,26)/t16-,17+,19+,20-. The summed E-state index contributed by atoms with van der Waals surface area (Å²) in [4.78, 5) is 39.4. The van der Waals surface area contributed by atoms with Gasteiger partial charge < -0.3 is 5.32 Å². The van der Waals surface area contributed by atoms with Crippen LogP contribution in [0.15, 0.2) is 66.7 Å². The van der Waals surface area contributed by atoms with Crippen molar-refractivity contribution in [3.63, 3.8) is 0 Å². The molecule has 2 bridgehead atoms. The Balaban J connectivity index is 1.30. The van der Waals surface area contributed by atoms with Gasteiger partial charge in [0.15, 0.2) is 0 Å². The van der Waals surface area contributed by atoms with E-state index in [1.807, 2.05) is 30.3 Å². The van der Waals surface area contributed by atoms with E-state index in [2.05, 4.69) is 17.5 Å². The Labute approximate surface area is 163 Å². The van der Waals surface area contributed by atoms with Gasteiger partial charge in [0.1, 0.15) is 0 Å². The minimum atomic E-state index is -0.212. The Morgan fingerprint density at radius 2 is 1.50 bits per heavy atom. The molecular weight excluding hydrogens is 352 g/mol. The second-order valence-corrected chi connectivity index (χ2v) is 7.73. The van der Waals surface area contributed by atoms with Crippen LogP contribution in [-0.4, -0.2) is 17.7 Å². The molecule has 2 fully saturated rings. The Bertz CT molecular complexity index is 951. The van der Waals surface area contributed by atoms with Crippen LogP contribution in [0.1, 0.15) is 22.3 Å². The molecule has 3 aliphatic rings. The zero-order valence-corrected chi connectivity index (χ0v) is 15.2. The van der Waals surface area contributed by atoms with E-state index in [9.17, 15) is 14.4 Å². The summed E-state index contributed by atoms with van der Waals surface area (Å²) in [6.07, 6.45) is 5.09. The molecule has 1 saturated carbocycles. The average molecular weight is 372 g/mol. The SMILES string of the molecule is O=C(NCc1ccccc1)c1ccc(N2C(=O)[C@@H]3[C@H](C2=O)[C@H]2C=C[C@@H]3C2)cc1. The number of nitrogens with zero attached hydrogens (tertiary/aromatic N) is 1. The van der Waals surface area contributed by atoms with Crippen LogP contribution in [0.3, 0.4) is 0 Å². The fourth-order valence-corrected chi connectivity index (χ4v) is 4.80. The quantitative estimate of drug-likeness (QED) is 0.663. The fraction of sp³-hybridized carbons (Fsp3) is 0.261. The van der Waals surface area contributed by atoms with Gasteiger partial charge in [0.2, 0.25) is 11.8 Å². The lowest BCUT2D eigenvalue weighted by molar-refractivity contribution is -0.123. The summed E-state index contributed by atoms with van der Waals surface area (Å²) in [5.74, 6) is -0.429. The van der Waals surface area contributed by atoms with Gasteiger partial charge in [0.05, 0.1) is 17.5 Å². The van der Waals surface area contributed by atoms with E-state index in [1.165, 1.54) is 4.90 Å². The third-order valence-electron chi connectivity index (χ3n) is 6.15. The molecule has 2 aromatic carbocycles. The smallest absolute Gasteiger partial charge is 0.251 e. The highest BCUT2D eigenvalue weighted by Crippen LogP contribution is 2.53. The number of benzene rings is 2. The third-order valence-corrected chi connectivity index (χ3v) is 6.15. The van der Waals surface area contributed by atoms with Crippen LogP contribution >= 0.6 is 0 Å². The molecule has 2 aromatic rings. The molecule has 0 radical (unpaired) electrons. The van der Waals surface area contributed by atoms with Gasteiger partial charge in [-0.3, -0.25) is 19.3 Å². The monoisotopic (exact) mass is 372 g/mol. The summed E-state index contributed by atoms with van der Waals surface area (Å²) < 4.78 is 0. The number of anilines is 1. The number of hydrogen-bond donors (Lipinski definition) is 1. The summed E-state index contributed by atoms with van der Waals surface area (Å²) in [5.41, 5.74) is 2.07. The molecule has 0 spiro atoms. The maximum atomic E-state index is 12.9. The Morgan fingerprint density at radius 1 is 0.893 bits per heavy atom. The normalized spacial score (nSPS) is 27.4. The van der Waals surface area contributed by atoms with Crippen molar-refractivity contribution in [1.82, 2.24) is 5.32 Å². The molecule has 2 aliphatic carbocycles. The maximum absolute atomic E-state index is 12.9. The summed E-state index contributed by atoms with van der Waals surface area (Å²) in [7, 11) is 0. The van der Waals surface area contributed by atoms with E-state index in [-0.39, 0.29) is 41.4 Å². The zero-order valence-electron chi connectivity index (χ0n) is 15.2. The van der Waals surface area contributed by atoms with Gasteiger partial charge in [0, 0.05) is 12.1 Å². The van der Waals surface area contributed by atoms with Gasteiger partial charge in [-0.15, -0.1) is 0 Å². The second kappa shape index (κ2) is 6.44. The molecule has 4 atom stereocenters. The number of allylic oxidation sites excluding steroid dienone is 2. The van der Waals surface area contributed by atoms with E-state index in [1.54, 1.807) is 24.3 Å². The van der Waals surface area contributed by atoms with E-state index in [4.69, 9.17) is 0 Å². The summed E-state index contributed by atoms with van der Waals surface area (Å²) in [5, 5.41) is 2.88. The number of imide groups is 1. The molecule has 3 amide bonds. The first-order valence-corrected chi connectivity index (χ1v) is 9.62. The molecule has 1 aliphatic heterocycles. The second-order valence-electron chi connectivity index (χ2n) is 7.73. The summed E-state index contributed by atoms with van der Waals surface area (Å²) in [6, 6.07) is 16.4. The minimum absolute atomic E-state index is 0.104. The van der Waals surface area contributed by atoms with Crippen LogP contribution in [0, 0.1) is 23.7 Å². The summed E-state index contributed by atoms with van der Waals surface area (Å²) in [6.45, 7) is 0.448. The number of nitrogens with one attached hydrogen (secondary N) is 1. The fourth-order valence-electron chi connectivity index (χ4n) is 4.80. The zero-order chi connectivity index (χ0) is 19.3. The highest BCUT2D eigenvalue weighted by molar-refractivity contribution is 6.22. The van der Waals surface area contributed by atoms with Crippen molar-refractivity contribution in [2.24, 2.45) is 23.7 Å². The minimum Gasteiger partial charge on any atom is -0.348 e. The number of fused-ring (bicyclic) bond motifs is 5. The number of hydrogen-bond acceptors (Lipinski definition) is 3. The van der Waals surface area contributed by atoms with Crippen LogP contribution < -0.4 is 10.2 Å². The molecule has 0 aromatic heterocycles. The van der Waals surface area contributed by atoms with Crippen LogP contribution in [0.25, 0.3) is 0 Å². The molecule has 1 N–H and O–H groups in total. The number of amides is 3. The molecule has 1 saturated heterocycles. The largest absolute Gasteiger partial charge is 0.348 e. The molecule has 1 heterocycles. The lowest BCUT2D eigenvalue weighted by atomic mass is 9.85. The van der Waals surface area contributed by atoms with E-state index < -0.39 is 0 Å². The van der Waals surface area contributed by atoms with Crippen molar-refractivity contribution in [3.05, 3.63) is 77.9 Å². The van der Waals surface area contributed by atoms with E-state index in [0.29, 0.717) is 17.8 Å². The van der Waals surface area contributed by atoms with Crippen molar-refractivity contribution in [3.8, 4) is 0 Å². The van der Waals surface area contributed by atoms with Crippen molar-refractivity contribution in [2.45, 2.75) is 13.0 Å². The first-order valence-electron chi connectivity index (χ1n) is 9.62. The van der Waals surface area contributed by atoms with Crippen molar-refractivity contribution < 1.29 is 14.4 Å². The van der Waals surface area contributed by atoms with Crippen LogP contribution in [0.5, 0.6) is 0 Å². The van der Waals surface area contributed by atoms with E-state index in [0.717, 1.165) is 12.0 Å². The molecule has 5 rings (SSSR count). The number of carbonyl (C=O) groups excluding carboxylic acids is 3. The topological polar surface area (TPSA) is 66.5 Å². The predicted molar refractivity (Wildman–Crippen MR) is 104 cm³/mol. The van der Waals surface area contributed by atoms with Gasteiger partial charge in [-0.1, -0.05) is 42.5 Å². The molecular formula is C23H20N2O3. The molecule has 0 unspecified atom stereocenters. The van der Waals surface area contributed by atoms with Crippen molar-refractivity contribution in [2.75, 3.05) is 4.90 Å². The number of rotatable bonds is 4. The predicted octanol–water partition coefficient (Wildman–Crippen LogP) is 2.93. The van der Waals surface area contributed by atoms with Gasteiger partial charge >= 0.3 is 0 Å². The van der Waals surface area contributed by atoms with Gasteiger partial charge in [-0.05, 0) is 48.1 Å². The highest BCUT2D eigenvalue weighted by atomic mass is 16.2. The van der Waals surface area contributed by atoms with Crippen LogP contribution in [-0.2, 0) is 16.1 Å². The van der Waals surface area contributed by atoms with Gasteiger partial charge in [-0.25, -0.2) is 0 Å². The third kappa shape index (κ3) is 2.58. The average Bonchev–Trinajstić information content (AvgIpc) is 3.41. The highest BCUT2D eigenvalue weighted by Gasteiger charge is 2.59. The lowest BCUT2D eigenvalue weighted by Crippen LogP contribution is -2.32. The maximum Gasteiger partial charge on any atom is 0.251 e. The van der Waals surface area contributed by atoms with Gasteiger partial charge in [-0.2, -0.15) is 0 Å². The Kier molecular flexibility index (Phi) is 3.90.